The van der Waals surface area contributed by atoms with Gasteiger partial charge in [0.15, 0.2) is 6.79 Å². The van der Waals surface area contributed by atoms with Crippen LogP contribution < -0.4 is 0 Å². The SMILES string of the molecule is C1=C(C2COCCO2)OCOC1. The fourth-order valence-corrected chi connectivity index (χ4v) is 1.23. The van der Waals surface area contributed by atoms with E-state index in [0.29, 0.717) is 33.2 Å². The molecular formula is C8H12O4. The van der Waals surface area contributed by atoms with Crippen LogP contribution in [0.1, 0.15) is 0 Å². The second-order valence-corrected chi connectivity index (χ2v) is 2.67. The van der Waals surface area contributed by atoms with Gasteiger partial charge in [0.2, 0.25) is 0 Å². The molecule has 0 saturated carbocycles. The average Bonchev–Trinajstić information content (AvgIpc) is 2.21. The predicted molar refractivity (Wildman–Crippen MR) is 40.5 cm³/mol. The Hall–Kier alpha value is -0.580. The fourth-order valence-electron chi connectivity index (χ4n) is 1.23. The van der Waals surface area contributed by atoms with Crippen molar-refractivity contribution in [1.29, 1.82) is 0 Å². The molecule has 4 nitrogen and oxygen atoms in total. The van der Waals surface area contributed by atoms with Gasteiger partial charge in [-0.3, -0.25) is 0 Å². The Morgan fingerprint density at radius 2 is 2.25 bits per heavy atom. The van der Waals surface area contributed by atoms with E-state index in [9.17, 15) is 0 Å². The zero-order valence-electron chi connectivity index (χ0n) is 6.82. The molecule has 1 saturated heterocycles. The molecule has 2 aliphatic heterocycles. The van der Waals surface area contributed by atoms with Crippen LogP contribution in [0.5, 0.6) is 0 Å². The summed E-state index contributed by atoms with van der Waals surface area (Å²) < 4.78 is 20.9. The van der Waals surface area contributed by atoms with E-state index in [1.54, 1.807) is 0 Å². The van der Waals surface area contributed by atoms with E-state index >= 15 is 0 Å². The second kappa shape index (κ2) is 3.89. The van der Waals surface area contributed by atoms with Gasteiger partial charge < -0.3 is 18.9 Å². The van der Waals surface area contributed by atoms with Gasteiger partial charge >= 0.3 is 0 Å². The summed E-state index contributed by atoms with van der Waals surface area (Å²) in [6, 6.07) is 0. The molecule has 4 heteroatoms. The molecule has 0 aromatic heterocycles. The third-order valence-corrected chi connectivity index (χ3v) is 1.84. The van der Waals surface area contributed by atoms with Gasteiger partial charge in [-0.05, 0) is 6.08 Å². The zero-order valence-corrected chi connectivity index (χ0v) is 6.82. The summed E-state index contributed by atoms with van der Waals surface area (Å²) in [6.45, 7) is 2.85. The molecule has 0 radical (unpaired) electrons. The van der Waals surface area contributed by atoms with Crippen molar-refractivity contribution in [3.8, 4) is 0 Å². The van der Waals surface area contributed by atoms with Gasteiger partial charge in [0.1, 0.15) is 11.9 Å². The van der Waals surface area contributed by atoms with Crippen LogP contribution in [0.3, 0.4) is 0 Å². The molecular weight excluding hydrogens is 160 g/mol. The van der Waals surface area contributed by atoms with Crippen molar-refractivity contribution in [1.82, 2.24) is 0 Å². The Balaban J connectivity index is 1.92. The van der Waals surface area contributed by atoms with Crippen LogP contribution in [0.25, 0.3) is 0 Å². The summed E-state index contributed by atoms with van der Waals surface area (Å²) in [5.41, 5.74) is 0. The molecule has 0 amide bonds. The summed E-state index contributed by atoms with van der Waals surface area (Å²) >= 11 is 0. The lowest BCUT2D eigenvalue weighted by Gasteiger charge is -2.26. The highest BCUT2D eigenvalue weighted by atomic mass is 16.7. The van der Waals surface area contributed by atoms with Crippen molar-refractivity contribution in [3.63, 3.8) is 0 Å². The molecule has 68 valence electrons. The van der Waals surface area contributed by atoms with Crippen molar-refractivity contribution < 1.29 is 18.9 Å². The molecule has 0 aliphatic carbocycles. The van der Waals surface area contributed by atoms with Gasteiger partial charge in [-0.25, -0.2) is 0 Å². The van der Waals surface area contributed by atoms with Gasteiger partial charge in [0.25, 0.3) is 0 Å². The summed E-state index contributed by atoms with van der Waals surface area (Å²) in [7, 11) is 0. The molecule has 2 heterocycles. The van der Waals surface area contributed by atoms with Crippen LogP contribution in [0, 0.1) is 0 Å². The average molecular weight is 172 g/mol. The minimum atomic E-state index is -0.0253. The highest BCUT2D eigenvalue weighted by molar-refractivity contribution is 5.02. The maximum absolute atomic E-state index is 5.44. The highest BCUT2D eigenvalue weighted by Crippen LogP contribution is 2.15. The van der Waals surface area contributed by atoms with Crippen molar-refractivity contribution >= 4 is 0 Å². The van der Waals surface area contributed by atoms with Crippen molar-refractivity contribution in [2.75, 3.05) is 33.2 Å². The Morgan fingerprint density at radius 1 is 1.25 bits per heavy atom. The molecule has 0 aromatic rings. The van der Waals surface area contributed by atoms with Gasteiger partial charge in [-0.15, -0.1) is 0 Å². The third kappa shape index (κ3) is 1.77. The first kappa shape index (κ1) is 8.04. The number of hydrogen-bond donors (Lipinski definition) is 0. The standard InChI is InChI=1S/C8H12O4/c1-2-10-6-12-7(1)8-5-9-3-4-11-8/h1,8H,2-6H2. The van der Waals surface area contributed by atoms with E-state index in [1.165, 1.54) is 0 Å². The lowest BCUT2D eigenvalue weighted by atomic mass is 10.2. The summed E-state index contributed by atoms with van der Waals surface area (Å²) in [6.07, 6.45) is 1.87. The minimum Gasteiger partial charge on any atom is -0.469 e. The van der Waals surface area contributed by atoms with E-state index in [2.05, 4.69) is 0 Å². The molecule has 0 N–H and O–H groups in total. The van der Waals surface area contributed by atoms with Crippen LogP contribution in [0.4, 0.5) is 0 Å². The van der Waals surface area contributed by atoms with Crippen LogP contribution in [0.15, 0.2) is 11.8 Å². The fraction of sp³-hybridized carbons (Fsp3) is 0.750. The number of ether oxygens (including phenoxy) is 4. The Labute approximate surface area is 71.0 Å². The summed E-state index contributed by atoms with van der Waals surface area (Å²) in [4.78, 5) is 0. The first-order valence-corrected chi connectivity index (χ1v) is 4.07. The maximum atomic E-state index is 5.44. The lowest BCUT2D eigenvalue weighted by Crippen LogP contribution is -2.32. The lowest BCUT2D eigenvalue weighted by molar-refractivity contribution is -0.116. The van der Waals surface area contributed by atoms with Crippen molar-refractivity contribution in [2.24, 2.45) is 0 Å². The minimum absolute atomic E-state index is 0.0253. The molecule has 0 spiro atoms. The largest absolute Gasteiger partial charge is 0.469 e. The van der Waals surface area contributed by atoms with Gasteiger partial charge in [0.05, 0.1) is 26.4 Å². The van der Waals surface area contributed by atoms with E-state index in [1.807, 2.05) is 6.08 Å². The third-order valence-electron chi connectivity index (χ3n) is 1.84. The number of rotatable bonds is 1. The first-order chi connectivity index (χ1) is 5.97. The second-order valence-electron chi connectivity index (χ2n) is 2.67. The maximum Gasteiger partial charge on any atom is 0.189 e. The van der Waals surface area contributed by atoms with E-state index in [0.717, 1.165) is 5.76 Å². The summed E-state index contributed by atoms with van der Waals surface area (Å²) in [5.74, 6) is 0.848. The van der Waals surface area contributed by atoms with Crippen molar-refractivity contribution in [2.45, 2.75) is 6.10 Å². The molecule has 1 atom stereocenters. The smallest absolute Gasteiger partial charge is 0.189 e. The first-order valence-electron chi connectivity index (χ1n) is 4.07. The van der Waals surface area contributed by atoms with Gasteiger partial charge in [-0.2, -0.15) is 0 Å². The Kier molecular flexibility index (Phi) is 2.60. The van der Waals surface area contributed by atoms with Crippen LogP contribution in [0.2, 0.25) is 0 Å². The zero-order chi connectivity index (χ0) is 8.23. The topological polar surface area (TPSA) is 36.9 Å². The van der Waals surface area contributed by atoms with Gasteiger partial charge in [-0.1, -0.05) is 0 Å². The molecule has 12 heavy (non-hydrogen) atoms. The molecule has 2 aliphatic rings. The number of hydrogen-bond acceptors (Lipinski definition) is 4. The van der Waals surface area contributed by atoms with Crippen LogP contribution in [-0.2, 0) is 18.9 Å². The molecule has 1 unspecified atom stereocenters. The quantitative estimate of drug-likeness (QED) is 0.569. The van der Waals surface area contributed by atoms with Crippen LogP contribution >= 0.6 is 0 Å². The highest BCUT2D eigenvalue weighted by Gasteiger charge is 2.21. The normalized spacial score (nSPS) is 30.7. The van der Waals surface area contributed by atoms with Crippen LogP contribution in [-0.4, -0.2) is 39.3 Å². The Bertz CT molecular complexity index is 172. The Morgan fingerprint density at radius 3 is 2.92 bits per heavy atom. The molecule has 1 fully saturated rings. The van der Waals surface area contributed by atoms with E-state index in [-0.39, 0.29) is 6.10 Å². The van der Waals surface area contributed by atoms with E-state index in [4.69, 9.17) is 18.9 Å². The van der Waals surface area contributed by atoms with Gasteiger partial charge in [0, 0.05) is 0 Å². The molecule has 0 aromatic carbocycles. The predicted octanol–water partition coefficient (Wildman–Crippen LogP) is 0.290. The van der Waals surface area contributed by atoms with Crippen molar-refractivity contribution in [3.05, 3.63) is 11.8 Å². The summed E-state index contributed by atoms with van der Waals surface area (Å²) in [5, 5.41) is 0. The molecule has 0 bridgehead atoms. The van der Waals surface area contributed by atoms with E-state index < -0.39 is 0 Å². The molecule has 2 rings (SSSR count). The monoisotopic (exact) mass is 172 g/mol.